The molecule has 0 aliphatic carbocycles. The van der Waals surface area contributed by atoms with Crippen LogP contribution in [0.25, 0.3) is 0 Å². The quantitative estimate of drug-likeness (QED) is 0.911. The van der Waals surface area contributed by atoms with Crippen LogP contribution in [0.5, 0.6) is 0 Å². The maximum atomic E-state index is 13.4. The van der Waals surface area contributed by atoms with Crippen molar-refractivity contribution in [3.05, 3.63) is 51.9 Å². The second kappa shape index (κ2) is 6.01. The van der Waals surface area contributed by atoms with Crippen LogP contribution in [0.1, 0.15) is 20.8 Å². The summed E-state index contributed by atoms with van der Waals surface area (Å²) in [6.07, 6.45) is -0.505. The fourth-order valence-electron chi connectivity index (χ4n) is 1.80. The third kappa shape index (κ3) is 3.43. The minimum Gasteiger partial charge on any atom is -0.478 e. The smallest absolute Gasteiger partial charge is 0.338 e. The van der Waals surface area contributed by atoms with Crippen LogP contribution in [0.4, 0.5) is 13.8 Å². The SMILES string of the molecule is Cc1cc(C(=O)O)c(NC(=O)Cc2c(F)cccc2F)s1. The zero-order valence-corrected chi connectivity index (χ0v) is 11.8. The highest BCUT2D eigenvalue weighted by Gasteiger charge is 2.18. The molecule has 2 N–H and O–H groups in total. The van der Waals surface area contributed by atoms with Crippen molar-refractivity contribution in [3.8, 4) is 0 Å². The van der Waals surface area contributed by atoms with Crippen LogP contribution in [0.3, 0.4) is 0 Å². The van der Waals surface area contributed by atoms with E-state index in [1.54, 1.807) is 6.92 Å². The van der Waals surface area contributed by atoms with E-state index in [9.17, 15) is 18.4 Å². The molecule has 2 rings (SSSR count). The Morgan fingerprint density at radius 1 is 1.29 bits per heavy atom. The van der Waals surface area contributed by atoms with Gasteiger partial charge in [-0.05, 0) is 25.1 Å². The highest BCUT2D eigenvalue weighted by molar-refractivity contribution is 7.16. The number of aromatic carboxylic acids is 1. The summed E-state index contributed by atoms with van der Waals surface area (Å²) in [6, 6.07) is 4.75. The van der Waals surface area contributed by atoms with Crippen LogP contribution < -0.4 is 5.32 Å². The fraction of sp³-hybridized carbons (Fsp3) is 0.143. The molecule has 1 aromatic heterocycles. The Hall–Kier alpha value is -2.28. The average Bonchev–Trinajstić information content (AvgIpc) is 2.75. The van der Waals surface area contributed by atoms with Gasteiger partial charge in [-0.2, -0.15) is 0 Å². The molecule has 7 heteroatoms. The zero-order valence-electron chi connectivity index (χ0n) is 10.9. The number of hydrogen-bond donors (Lipinski definition) is 2. The first-order chi connectivity index (χ1) is 9.88. The van der Waals surface area contributed by atoms with Gasteiger partial charge in [-0.1, -0.05) is 6.07 Å². The fourth-order valence-corrected chi connectivity index (χ4v) is 2.72. The molecule has 21 heavy (non-hydrogen) atoms. The van der Waals surface area contributed by atoms with Crippen molar-refractivity contribution >= 4 is 28.2 Å². The summed E-state index contributed by atoms with van der Waals surface area (Å²) in [5.41, 5.74) is -0.389. The Bertz CT molecular complexity index is 692. The van der Waals surface area contributed by atoms with Gasteiger partial charge < -0.3 is 10.4 Å². The first-order valence-electron chi connectivity index (χ1n) is 5.95. The van der Waals surface area contributed by atoms with Gasteiger partial charge in [0.15, 0.2) is 0 Å². The van der Waals surface area contributed by atoms with Gasteiger partial charge in [0.1, 0.15) is 16.6 Å². The summed E-state index contributed by atoms with van der Waals surface area (Å²) in [5.74, 6) is -3.48. The summed E-state index contributed by atoms with van der Waals surface area (Å²) in [7, 11) is 0. The minimum atomic E-state index is -1.17. The molecule has 0 atom stereocenters. The molecule has 4 nitrogen and oxygen atoms in total. The Labute approximate surface area is 123 Å². The molecule has 0 unspecified atom stereocenters. The van der Waals surface area contributed by atoms with Crippen molar-refractivity contribution in [1.82, 2.24) is 0 Å². The third-order valence-electron chi connectivity index (χ3n) is 2.74. The second-order valence-electron chi connectivity index (χ2n) is 4.33. The molecular formula is C14H11F2NO3S. The van der Waals surface area contributed by atoms with E-state index < -0.39 is 29.9 Å². The van der Waals surface area contributed by atoms with Gasteiger partial charge in [-0.15, -0.1) is 11.3 Å². The topological polar surface area (TPSA) is 66.4 Å². The normalized spacial score (nSPS) is 10.4. The largest absolute Gasteiger partial charge is 0.478 e. The van der Waals surface area contributed by atoms with Gasteiger partial charge in [0, 0.05) is 10.4 Å². The minimum absolute atomic E-state index is 0.0418. The number of nitrogens with one attached hydrogen (secondary N) is 1. The van der Waals surface area contributed by atoms with Crippen molar-refractivity contribution in [2.45, 2.75) is 13.3 Å². The molecule has 0 bridgehead atoms. The van der Waals surface area contributed by atoms with Crippen molar-refractivity contribution in [2.24, 2.45) is 0 Å². The van der Waals surface area contributed by atoms with E-state index in [1.807, 2.05) is 0 Å². The average molecular weight is 311 g/mol. The molecule has 2 aromatic rings. The Morgan fingerprint density at radius 3 is 2.48 bits per heavy atom. The van der Waals surface area contributed by atoms with Gasteiger partial charge in [0.2, 0.25) is 5.91 Å². The van der Waals surface area contributed by atoms with Crippen LogP contribution in [-0.2, 0) is 11.2 Å². The molecule has 0 saturated carbocycles. The molecule has 0 radical (unpaired) electrons. The zero-order chi connectivity index (χ0) is 15.6. The van der Waals surface area contributed by atoms with Crippen molar-refractivity contribution in [1.29, 1.82) is 0 Å². The van der Waals surface area contributed by atoms with E-state index >= 15 is 0 Å². The number of carbonyl (C=O) groups is 2. The van der Waals surface area contributed by atoms with Gasteiger partial charge >= 0.3 is 5.97 Å². The molecular weight excluding hydrogens is 300 g/mol. The predicted molar refractivity (Wildman–Crippen MR) is 74.7 cm³/mol. The number of halogens is 2. The van der Waals surface area contributed by atoms with Crippen molar-refractivity contribution in [2.75, 3.05) is 5.32 Å². The van der Waals surface area contributed by atoms with E-state index in [2.05, 4.69) is 5.32 Å². The van der Waals surface area contributed by atoms with Gasteiger partial charge in [-0.25, -0.2) is 13.6 Å². The Morgan fingerprint density at radius 2 is 1.90 bits per heavy atom. The number of carbonyl (C=O) groups excluding carboxylic acids is 1. The van der Waals surface area contributed by atoms with Crippen LogP contribution in [0, 0.1) is 18.6 Å². The molecule has 0 aliphatic heterocycles. The molecule has 0 saturated heterocycles. The maximum absolute atomic E-state index is 13.4. The monoisotopic (exact) mass is 311 g/mol. The number of hydrogen-bond acceptors (Lipinski definition) is 3. The van der Waals surface area contributed by atoms with E-state index in [4.69, 9.17) is 5.11 Å². The number of rotatable bonds is 4. The second-order valence-corrected chi connectivity index (χ2v) is 5.59. The van der Waals surface area contributed by atoms with Gasteiger partial charge in [0.25, 0.3) is 0 Å². The van der Waals surface area contributed by atoms with E-state index in [-0.39, 0.29) is 16.1 Å². The number of amides is 1. The van der Waals surface area contributed by atoms with Gasteiger partial charge in [0.05, 0.1) is 12.0 Å². The summed E-state index contributed by atoms with van der Waals surface area (Å²) < 4.78 is 26.9. The molecule has 1 heterocycles. The number of carboxylic acids is 1. The highest BCUT2D eigenvalue weighted by atomic mass is 32.1. The molecule has 110 valence electrons. The molecule has 0 aliphatic rings. The first kappa shape index (κ1) is 15.1. The van der Waals surface area contributed by atoms with Crippen LogP contribution >= 0.6 is 11.3 Å². The first-order valence-corrected chi connectivity index (χ1v) is 6.76. The summed E-state index contributed by atoms with van der Waals surface area (Å²) in [4.78, 5) is 23.6. The lowest BCUT2D eigenvalue weighted by atomic mass is 10.1. The van der Waals surface area contributed by atoms with Crippen LogP contribution in [0.2, 0.25) is 0 Å². The number of thiophene rings is 1. The summed E-state index contributed by atoms with van der Waals surface area (Å²) in [6.45, 7) is 1.70. The molecule has 1 amide bonds. The number of benzene rings is 1. The predicted octanol–water partition coefficient (Wildman–Crippen LogP) is 3.21. The highest BCUT2D eigenvalue weighted by Crippen LogP contribution is 2.27. The lowest BCUT2D eigenvalue weighted by Crippen LogP contribution is -2.17. The standard InChI is InChI=1S/C14H11F2NO3S/c1-7-5-9(14(19)20)13(21-7)17-12(18)6-8-10(15)3-2-4-11(8)16/h2-5H,6H2,1H3,(H,17,18)(H,19,20). The van der Waals surface area contributed by atoms with Crippen molar-refractivity contribution in [3.63, 3.8) is 0 Å². The van der Waals surface area contributed by atoms with E-state index in [0.717, 1.165) is 23.5 Å². The molecule has 0 spiro atoms. The number of aryl methyl sites for hydroxylation is 1. The van der Waals surface area contributed by atoms with Crippen molar-refractivity contribution < 1.29 is 23.5 Å². The molecule has 1 aromatic carbocycles. The summed E-state index contributed by atoms with van der Waals surface area (Å²) >= 11 is 1.09. The molecule has 0 fully saturated rings. The maximum Gasteiger partial charge on any atom is 0.338 e. The van der Waals surface area contributed by atoms with E-state index in [0.29, 0.717) is 4.88 Å². The number of anilines is 1. The number of carboxylic acid groups (broad SMARTS) is 1. The third-order valence-corrected chi connectivity index (χ3v) is 3.70. The summed E-state index contributed by atoms with van der Waals surface area (Å²) in [5, 5.41) is 11.5. The Kier molecular flexibility index (Phi) is 4.32. The Balaban J connectivity index is 2.18. The lowest BCUT2D eigenvalue weighted by Gasteiger charge is -2.06. The van der Waals surface area contributed by atoms with E-state index in [1.165, 1.54) is 12.1 Å². The van der Waals surface area contributed by atoms with Crippen LogP contribution in [0.15, 0.2) is 24.3 Å². The van der Waals surface area contributed by atoms with Gasteiger partial charge in [-0.3, -0.25) is 4.79 Å². The lowest BCUT2D eigenvalue weighted by molar-refractivity contribution is -0.115. The van der Waals surface area contributed by atoms with Crippen LogP contribution in [-0.4, -0.2) is 17.0 Å².